The van der Waals surface area contributed by atoms with Crippen molar-refractivity contribution in [3.8, 4) is 0 Å². The van der Waals surface area contributed by atoms with Crippen LogP contribution in [0.4, 0.5) is 19.0 Å². The molecule has 3 aromatic rings. The summed E-state index contributed by atoms with van der Waals surface area (Å²) in [5, 5.41) is 0. The molecule has 0 saturated heterocycles. The molecule has 0 N–H and O–H groups in total. The van der Waals surface area contributed by atoms with E-state index in [1.807, 2.05) is 0 Å². The van der Waals surface area contributed by atoms with Gasteiger partial charge >= 0.3 is 11.9 Å². The van der Waals surface area contributed by atoms with Gasteiger partial charge in [0.1, 0.15) is 5.82 Å². The van der Waals surface area contributed by atoms with Crippen molar-refractivity contribution >= 4 is 17.3 Å². The van der Waals surface area contributed by atoms with E-state index < -0.39 is 34.8 Å². The third kappa shape index (κ3) is 2.66. The zero-order valence-corrected chi connectivity index (χ0v) is 17.0. The van der Waals surface area contributed by atoms with Crippen LogP contribution in [0.5, 0.6) is 0 Å². The summed E-state index contributed by atoms with van der Waals surface area (Å²) < 4.78 is 41.5. The van der Waals surface area contributed by atoms with Gasteiger partial charge in [-0.1, -0.05) is 36.4 Å². The normalized spacial score (nSPS) is 19.3. The summed E-state index contributed by atoms with van der Waals surface area (Å²) in [6.45, 7) is 0. The van der Waals surface area contributed by atoms with Crippen LogP contribution in [0.3, 0.4) is 0 Å². The van der Waals surface area contributed by atoms with Crippen molar-refractivity contribution in [3.63, 3.8) is 0 Å². The van der Waals surface area contributed by atoms with E-state index in [0.717, 1.165) is 16.7 Å². The van der Waals surface area contributed by atoms with Crippen molar-refractivity contribution in [1.82, 2.24) is 9.13 Å². The molecule has 2 heterocycles. The number of carbonyl (C=O) groups excluding carboxylic acids is 1. The first-order valence-electron chi connectivity index (χ1n) is 9.80. The Morgan fingerprint density at radius 2 is 1.47 bits per heavy atom. The second kappa shape index (κ2) is 6.62. The maximum Gasteiger partial charge on any atom is 0.416 e. The van der Waals surface area contributed by atoms with Gasteiger partial charge in [0, 0.05) is 31.1 Å². The molecule has 6 nitrogen and oxygen atoms in total. The number of fused-ring (bicyclic) bond motifs is 4. The number of aromatic nitrogens is 2. The zero-order chi connectivity index (χ0) is 22.9. The van der Waals surface area contributed by atoms with Gasteiger partial charge in [-0.05, 0) is 17.7 Å². The molecule has 0 amide bonds. The van der Waals surface area contributed by atoms with E-state index in [9.17, 15) is 27.6 Å². The molecule has 162 valence electrons. The Hall–Kier alpha value is -3.75. The molecule has 0 bridgehead atoms. The van der Waals surface area contributed by atoms with E-state index in [0.29, 0.717) is 22.4 Å². The van der Waals surface area contributed by atoms with Crippen molar-refractivity contribution in [2.75, 3.05) is 0 Å². The third-order valence-corrected chi connectivity index (χ3v) is 6.18. The molecule has 1 aromatic heterocycles. The lowest BCUT2D eigenvalue weighted by Crippen LogP contribution is -2.43. The van der Waals surface area contributed by atoms with Crippen molar-refractivity contribution < 1.29 is 18.0 Å². The molecule has 2 atom stereocenters. The maximum atomic E-state index is 13.4. The van der Waals surface area contributed by atoms with E-state index in [2.05, 4.69) is 4.99 Å². The number of aliphatic imine (C=N–C) groups is 1. The van der Waals surface area contributed by atoms with Crippen LogP contribution >= 0.6 is 0 Å². The van der Waals surface area contributed by atoms with Crippen molar-refractivity contribution in [1.29, 1.82) is 0 Å². The van der Waals surface area contributed by atoms with E-state index in [1.54, 1.807) is 24.3 Å². The van der Waals surface area contributed by atoms with Crippen molar-refractivity contribution in [2.45, 2.75) is 12.1 Å². The molecule has 0 unspecified atom stereocenters. The number of benzene rings is 2. The average molecular weight is 439 g/mol. The Labute approximate surface area is 179 Å². The number of ketones is 1. The molecule has 2 aliphatic rings. The highest BCUT2D eigenvalue weighted by atomic mass is 19.4. The number of rotatable bonds is 1. The quantitative estimate of drug-likeness (QED) is 0.585. The van der Waals surface area contributed by atoms with Gasteiger partial charge in [0.05, 0.1) is 22.8 Å². The second-order valence-electron chi connectivity index (χ2n) is 7.93. The fourth-order valence-electron chi connectivity index (χ4n) is 4.61. The number of hydrogen-bond donors (Lipinski definition) is 0. The monoisotopic (exact) mass is 439 g/mol. The van der Waals surface area contributed by atoms with Crippen LogP contribution in [-0.4, -0.2) is 20.6 Å². The van der Waals surface area contributed by atoms with Gasteiger partial charge in [0.15, 0.2) is 5.78 Å². The largest absolute Gasteiger partial charge is 0.416 e. The van der Waals surface area contributed by atoms with Gasteiger partial charge < -0.3 is 0 Å². The fourth-order valence-corrected chi connectivity index (χ4v) is 4.61. The minimum atomic E-state index is -4.52. The Kier molecular flexibility index (Phi) is 4.17. The highest BCUT2D eigenvalue weighted by Crippen LogP contribution is 2.46. The summed E-state index contributed by atoms with van der Waals surface area (Å²) in [7, 11) is 2.79. The topological polar surface area (TPSA) is 73.4 Å². The first kappa shape index (κ1) is 20.2. The molecule has 5 rings (SSSR count). The number of alkyl halides is 3. The SMILES string of the molecule is Cn1c2c(c(=O)n(C)c1=O)[C@@H](c1ccc(C(F)(F)F)cc1)[C@@H]1C(=O)c3ccccc3C1=N2. The standard InChI is InChI=1S/C23H16F3N3O3/c1-28-20-17(21(31)29(2)22(28)32)15(11-7-9-12(10-8-11)23(24,25)26)16-18(27-20)13-5-3-4-6-14(13)19(16)30/h3-10,15-16H,1-2H3/t15-,16-/m0/s1. The number of hydrogen-bond acceptors (Lipinski definition) is 4. The van der Waals surface area contributed by atoms with Gasteiger partial charge in [0.25, 0.3) is 5.56 Å². The molecule has 9 heteroatoms. The maximum absolute atomic E-state index is 13.4. The van der Waals surface area contributed by atoms with E-state index in [1.165, 1.54) is 30.8 Å². The summed E-state index contributed by atoms with van der Waals surface area (Å²) in [6, 6.07) is 11.3. The van der Waals surface area contributed by atoms with Gasteiger partial charge in [-0.2, -0.15) is 13.2 Å². The molecular weight excluding hydrogens is 423 g/mol. The van der Waals surface area contributed by atoms with Crippen LogP contribution in [0, 0.1) is 5.92 Å². The summed E-state index contributed by atoms with van der Waals surface area (Å²) in [5.41, 5.74) is -0.120. The average Bonchev–Trinajstić information content (AvgIpc) is 3.06. The first-order valence-corrected chi connectivity index (χ1v) is 9.80. The lowest BCUT2D eigenvalue weighted by Gasteiger charge is -2.30. The molecular formula is C23H16F3N3O3. The Morgan fingerprint density at radius 3 is 2.09 bits per heavy atom. The molecule has 1 aliphatic carbocycles. The van der Waals surface area contributed by atoms with Gasteiger partial charge in [-0.25, -0.2) is 9.79 Å². The number of nitrogens with zero attached hydrogens (tertiary/aromatic N) is 3. The van der Waals surface area contributed by atoms with Crippen molar-refractivity contribution in [2.24, 2.45) is 25.0 Å². The molecule has 0 saturated carbocycles. The Morgan fingerprint density at radius 1 is 0.844 bits per heavy atom. The van der Waals surface area contributed by atoms with Gasteiger partial charge in [-0.15, -0.1) is 0 Å². The molecule has 0 radical (unpaired) electrons. The molecule has 2 aromatic carbocycles. The summed E-state index contributed by atoms with van der Waals surface area (Å²) >= 11 is 0. The summed E-state index contributed by atoms with van der Waals surface area (Å²) in [4.78, 5) is 43.6. The lowest BCUT2D eigenvalue weighted by molar-refractivity contribution is -0.137. The van der Waals surface area contributed by atoms with E-state index in [-0.39, 0.29) is 17.2 Å². The van der Waals surface area contributed by atoms with E-state index in [4.69, 9.17) is 0 Å². The minimum Gasteiger partial charge on any atom is -0.293 e. The fraction of sp³-hybridized carbons (Fsp3) is 0.217. The smallest absolute Gasteiger partial charge is 0.293 e. The Balaban J connectivity index is 1.83. The lowest BCUT2D eigenvalue weighted by atomic mass is 9.76. The van der Waals surface area contributed by atoms with Crippen LogP contribution in [0.1, 0.15) is 38.5 Å². The molecule has 32 heavy (non-hydrogen) atoms. The summed E-state index contributed by atoms with van der Waals surface area (Å²) in [5.74, 6) is -1.91. The highest BCUT2D eigenvalue weighted by Gasteiger charge is 2.47. The van der Waals surface area contributed by atoms with Crippen LogP contribution in [-0.2, 0) is 20.3 Å². The van der Waals surface area contributed by atoms with Gasteiger partial charge in [-0.3, -0.25) is 18.7 Å². The first-order chi connectivity index (χ1) is 15.1. The highest BCUT2D eigenvalue weighted by molar-refractivity contribution is 6.30. The second-order valence-corrected chi connectivity index (χ2v) is 7.93. The van der Waals surface area contributed by atoms with Crippen LogP contribution in [0.15, 0.2) is 63.1 Å². The number of halogens is 3. The predicted molar refractivity (Wildman–Crippen MR) is 111 cm³/mol. The van der Waals surface area contributed by atoms with Crippen molar-refractivity contribution in [3.05, 3.63) is 97.2 Å². The van der Waals surface area contributed by atoms with E-state index >= 15 is 0 Å². The third-order valence-electron chi connectivity index (χ3n) is 6.18. The number of carbonyl (C=O) groups is 1. The molecule has 0 fully saturated rings. The molecule has 1 aliphatic heterocycles. The predicted octanol–water partition coefficient (Wildman–Crippen LogP) is 3.18. The zero-order valence-electron chi connectivity index (χ0n) is 17.0. The number of Topliss-reactive ketones (excluding diaryl/α,β-unsaturated/α-hetero) is 1. The van der Waals surface area contributed by atoms with Gasteiger partial charge in [0.2, 0.25) is 0 Å². The Bertz CT molecular complexity index is 1450. The minimum absolute atomic E-state index is 0.110. The molecule has 0 spiro atoms. The summed E-state index contributed by atoms with van der Waals surface area (Å²) in [6.07, 6.45) is -4.52. The van der Waals surface area contributed by atoms with Crippen LogP contribution in [0.25, 0.3) is 0 Å². The van der Waals surface area contributed by atoms with Crippen LogP contribution in [0.2, 0.25) is 0 Å². The van der Waals surface area contributed by atoms with Crippen LogP contribution < -0.4 is 11.2 Å².